The largest absolute Gasteiger partial charge is 0.463 e. The van der Waals surface area contributed by atoms with Gasteiger partial charge in [0.15, 0.2) is 0 Å². The molecule has 3 rings (SSSR count). The lowest BCUT2D eigenvalue weighted by Crippen LogP contribution is -2.19. The van der Waals surface area contributed by atoms with Crippen LogP contribution in [0.3, 0.4) is 0 Å². The summed E-state index contributed by atoms with van der Waals surface area (Å²) in [5.41, 5.74) is 4.80. The molecule has 0 saturated heterocycles. The zero-order valence-corrected chi connectivity index (χ0v) is 15.4. The predicted octanol–water partition coefficient (Wildman–Crippen LogP) is 5.49. The Morgan fingerprint density at radius 1 is 1.32 bits per heavy atom. The summed E-state index contributed by atoms with van der Waals surface area (Å²) in [5, 5.41) is 0.761. The van der Waals surface area contributed by atoms with E-state index < -0.39 is 0 Å². The van der Waals surface area contributed by atoms with Gasteiger partial charge in [-0.2, -0.15) is 0 Å². The topological polar surface area (TPSA) is 39.4 Å². The van der Waals surface area contributed by atoms with Crippen molar-refractivity contribution >= 4 is 16.9 Å². The average Bonchev–Trinajstić information content (AvgIpc) is 2.97. The Balaban J connectivity index is 1.93. The molecule has 2 aromatic rings. The lowest BCUT2D eigenvalue weighted by Gasteiger charge is -2.31. The fourth-order valence-corrected chi connectivity index (χ4v) is 3.51. The van der Waals surface area contributed by atoms with Crippen LogP contribution in [0, 0.1) is 17.3 Å². The Hall–Kier alpha value is -2.47. The van der Waals surface area contributed by atoms with Crippen molar-refractivity contribution in [2.45, 2.75) is 47.0 Å². The van der Waals surface area contributed by atoms with Crippen molar-refractivity contribution in [1.29, 1.82) is 0 Å². The maximum atomic E-state index is 11.9. The summed E-state index contributed by atoms with van der Waals surface area (Å²) < 4.78 is 10.6. The number of furan rings is 1. The summed E-state index contributed by atoms with van der Waals surface area (Å²) in [7, 11) is 0. The van der Waals surface area contributed by atoms with Crippen LogP contribution >= 0.6 is 0 Å². The van der Waals surface area contributed by atoms with E-state index >= 15 is 0 Å². The normalized spacial score (nSPS) is 16.5. The first-order chi connectivity index (χ1) is 11.9. The third-order valence-electron chi connectivity index (χ3n) is 4.86. The summed E-state index contributed by atoms with van der Waals surface area (Å²) in [4.78, 5) is 11.9. The third-order valence-corrected chi connectivity index (χ3v) is 4.86. The average molecular weight is 336 g/mol. The summed E-state index contributed by atoms with van der Waals surface area (Å²) in [6.07, 6.45) is 5.00. The minimum absolute atomic E-state index is 0.140. The molecule has 1 aliphatic carbocycles. The molecule has 1 aromatic heterocycles. The molecule has 130 valence electrons. The molecule has 0 spiro atoms. The van der Waals surface area contributed by atoms with E-state index in [1.165, 1.54) is 30.3 Å². The number of allylic oxidation sites excluding steroid dienone is 2. The van der Waals surface area contributed by atoms with E-state index in [4.69, 9.17) is 9.15 Å². The van der Waals surface area contributed by atoms with Gasteiger partial charge in [0, 0.05) is 16.5 Å². The molecule has 0 amide bonds. The van der Waals surface area contributed by atoms with Crippen LogP contribution in [0.15, 0.2) is 40.0 Å². The molecule has 1 aromatic carbocycles. The van der Waals surface area contributed by atoms with Crippen LogP contribution in [0.1, 0.15) is 62.9 Å². The number of hydrogen-bond donors (Lipinski definition) is 0. The fraction of sp³-hybridized carbons (Fsp3) is 0.409. The number of hydrogen-bond acceptors (Lipinski definition) is 3. The van der Waals surface area contributed by atoms with E-state index in [0.29, 0.717) is 17.8 Å². The highest BCUT2D eigenvalue weighted by Crippen LogP contribution is 2.39. The van der Waals surface area contributed by atoms with Gasteiger partial charge >= 0.3 is 5.97 Å². The lowest BCUT2D eigenvalue weighted by atomic mass is 9.73. The van der Waals surface area contributed by atoms with Crippen LogP contribution in [0.25, 0.3) is 11.0 Å². The second kappa shape index (κ2) is 6.80. The number of carbonyl (C=O) groups excluding carboxylic acids is 1. The zero-order valence-electron chi connectivity index (χ0n) is 15.4. The quantitative estimate of drug-likeness (QED) is 0.538. The number of benzene rings is 1. The van der Waals surface area contributed by atoms with Gasteiger partial charge in [0.2, 0.25) is 0 Å². The maximum absolute atomic E-state index is 11.9. The molecule has 25 heavy (non-hydrogen) atoms. The molecule has 3 nitrogen and oxygen atoms in total. The second-order valence-corrected chi connectivity index (χ2v) is 7.22. The van der Waals surface area contributed by atoms with E-state index in [-0.39, 0.29) is 11.4 Å². The Labute approximate surface area is 149 Å². The SMILES string of the molecule is CCOC(=O)c1coc2cc(C#CC3=C(C)CCCC3(C)C)ccc12. The van der Waals surface area contributed by atoms with E-state index in [2.05, 4.69) is 32.6 Å². The van der Waals surface area contributed by atoms with Crippen molar-refractivity contribution in [3.05, 3.63) is 46.7 Å². The van der Waals surface area contributed by atoms with E-state index in [0.717, 1.165) is 17.4 Å². The summed E-state index contributed by atoms with van der Waals surface area (Å²) in [6.45, 7) is 8.85. The molecule has 1 heterocycles. The minimum atomic E-state index is -0.357. The highest BCUT2D eigenvalue weighted by atomic mass is 16.5. The monoisotopic (exact) mass is 336 g/mol. The molecule has 0 aliphatic heterocycles. The predicted molar refractivity (Wildman–Crippen MR) is 99.4 cm³/mol. The van der Waals surface area contributed by atoms with Crippen molar-refractivity contribution in [3.63, 3.8) is 0 Å². The smallest absolute Gasteiger partial charge is 0.342 e. The van der Waals surface area contributed by atoms with Crippen molar-refractivity contribution in [1.82, 2.24) is 0 Å². The molecular weight excluding hydrogens is 312 g/mol. The number of fused-ring (bicyclic) bond motifs is 1. The molecular formula is C22H24O3. The van der Waals surface area contributed by atoms with Gasteiger partial charge in [-0.1, -0.05) is 31.3 Å². The van der Waals surface area contributed by atoms with Crippen LogP contribution in [0.4, 0.5) is 0 Å². The van der Waals surface area contributed by atoms with Crippen LogP contribution in [0.5, 0.6) is 0 Å². The number of esters is 1. The van der Waals surface area contributed by atoms with Crippen LogP contribution in [-0.4, -0.2) is 12.6 Å². The highest BCUT2D eigenvalue weighted by Gasteiger charge is 2.27. The second-order valence-electron chi connectivity index (χ2n) is 7.22. The first-order valence-electron chi connectivity index (χ1n) is 8.83. The van der Waals surface area contributed by atoms with Crippen molar-refractivity contribution in [2.75, 3.05) is 6.61 Å². The van der Waals surface area contributed by atoms with Crippen molar-refractivity contribution in [3.8, 4) is 11.8 Å². The molecule has 0 fully saturated rings. The molecule has 0 unspecified atom stereocenters. The molecule has 1 aliphatic rings. The number of ether oxygens (including phenoxy) is 1. The number of rotatable bonds is 2. The third kappa shape index (κ3) is 3.49. The van der Waals surface area contributed by atoms with Crippen molar-refractivity contribution < 1.29 is 13.9 Å². The van der Waals surface area contributed by atoms with Gasteiger partial charge in [-0.25, -0.2) is 4.79 Å². The van der Waals surface area contributed by atoms with Crippen LogP contribution in [0.2, 0.25) is 0 Å². The van der Waals surface area contributed by atoms with Gasteiger partial charge in [0.1, 0.15) is 17.4 Å². The number of carbonyl (C=O) groups is 1. The highest BCUT2D eigenvalue weighted by molar-refractivity contribution is 6.03. The van der Waals surface area contributed by atoms with Gasteiger partial charge in [-0.05, 0) is 56.7 Å². The molecule has 0 bridgehead atoms. The molecule has 0 N–H and O–H groups in total. The Bertz CT molecular complexity index is 900. The Morgan fingerprint density at radius 2 is 2.12 bits per heavy atom. The summed E-state index contributed by atoms with van der Waals surface area (Å²) in [5.74, 6) is 6.30. The molecule has 3 heteroatoms. The van der Waals surface area contributed by atoms with Gasteiger partial charge in [-0.3, -0.25) is 0 Å². The Kier molecular flexibility index (Phi) is 4.72. The summed E-state index contributed by atoms with van der Waals surface area (Å²) >= 11 is 0. The summed E-state index contributed by atoms with van der Waals surface area (Å²) in [6, 6.07) is 5.69. The standard InChI is InChI=1S/C22H24O3/c1-5-24-21(23)18-14-25-20-13-16(8-10-17(18)20)9-11-19-15(2)7-6-12-22(19,3)4/h8,10,13-14H,5-7,12H2,1-4H3. The van der Waals surface area contributed by atoms with E-state index in [9.17, 15) is 4.79 Å². The van der Waals surface area contributed by atoms with Crippen LogP contribution in [-0.2, 0) is 4.74 Å². The zero-order chi connectivity index (χ0) is 18.0. The Morgan fingerprint density at radius 3 is 2.84 bits per heavy atom. The molecule has 0 radical (unpaired) electrons. The van der Waals surface area contributed by atoms with Crippen LogP contribution < -0.4 is 0 Å². The van der Waals surface area contributed by atoms with E-state index in [1.54, 1.807) is 6.92 Å². The molecule has 0 saturated carbocycles. The van der Waals surface area contributed by atoms with Gasteiger partial charge in [0.05, 0.1) is 6.61 Å². The maximum Gasteiger partial charge on any atom is 0.342 e. The first kappa shape index (κ1) is 17.4. The van der Waals surface area contributed by atoms with E-state index in [1.807, 2.05) is 18.2 Å². The van der Waals surface area contributed by atoms with Crippen molar-refractivity contribution in [2.24, 2.45) is 5.41 Å². The fourth-order valence-electron chi connectivity index (χ4n) is 3.51. The minimum Gasteiger partial charge on any atom is -0.463 e. The lowest BCUT2D eigenvalue weighted by molar-refractivity contribution is 0.0527. The first-order valence-corrected chi connectivity index (χ1v) is 8.83. The van der Waals surface area contributed by atoms with Gasteiger partial charge in [-0.15, -0.1) is 0 Å². The van der Waals surface area contributed by atoms with Gasteiger partial charge in [0.25, 0.3) is 0 Å². The van der Waals surface area contributed by atoms with Gasteiger partial charge < -0.3 is 9.15 Å². The molecule has 0 atom stereocenters.